The Morgan fingerprint density at radius 1 is 1.47 bits per heavy atom. The molecule has 1 fully saturated rings. The standard InChI is InChI=1S/C11H10N4O3S/c16-8(15-3-2-12-11(15)18)5-14-6-13-7-1-4-19-9(7)10(14)17/h1,4,6H,2-3,5H2,(H,12,18). The van der Waals surface area contributed by atoms with E-state index < -0.39 is 11.9 Å². The lowest BCUT2D eigenvalue weighted by Crippen LogP contribution is -2.38. The van der Waals surface area contributed by atoms with Gasteiger partial charge in [0.25, 0.3) is 11.5 Å². The molecule has 1 saturated heterocycles. The predicted molar refractivity (Wildman–Crippen MR) is 69.0 cm³/mol. The summed E-state index contributed by atoms with van der Waals surface area (Å²) in [5.41, 5.74) is 0.366. The van der Waals surface area contributed by atoms with Crippen molar-refractivity contribution >= 4 is 33.5 Å². The maximum Gasteiger partial charge on any atom is 0.324 e. The van der Waals surface area contributed by atoms with Crippen molar-refractivity contribution in [2.75, 3.05) is 13.1 Å². The zero-order valence-corrected chi connectivity index (χ0v) is 10.6. The average Bonchev–Trinajstić information content (AvgIpc) is 3.01. The van der Waals surface area contributed by atoms with E-state index in [1.807, 2.05) is 0 Å². The fourth-order valence-corrected chi connectivity index (χ4v) is 2.72. The smallest absolute Gasteiger partial charge is 0.324 e. The number of hydrogen-bond donors (Lipinski definition) is 1. The maximum absolute atomic E-state index is 12.1. The number of aromatic nitrogens is 2. The summed E-state index contributed by atoms with van der Waals surface area (Å²) in [4.78, 5) is 40.6. The summed E-state index contributed by atoms with van der Waals surface area (Å²) in [6, 6.07) is 1.34. The van der Waals surface area contributed by atoms with Crippen molar-refractivity contribution in [1.29, 1.82) is 0 Å². The molecular weight excluding hydrogens is 268 g/mol. The van der Waals surface area contributed by atoms with Crippen LogP contribution in [-0.4, -0.2) is 39.5 Å². The van der Waals surface area contributed by atoms with Gasteiger partial charge in [-0.2, -0.15) is 0 Å². The topological polar surface area (TPSA) is 84.3 Å². The number of carbonyl (C=O) groups is 2. The van der Waals surface area contributed by atoms with Crippen LogP contribution in [0.3, 0.4) is 0 Å². The predicted octanol–water partition coefficient (Wildman–Crippen LogP) is 0.00980. The Morgan fingerprint density at radius 2 is 2.32 bits per heavy atom. The van der Waals surface area contributed by atoms with Gasteiger partial charge >= 0.3 is 6.03 Å². The van der Waals surface area contributed by atoms with E-state index in [2.05, 4.69) is 10.3 Å². The van der Waals surface area contributed by atoms with Gasteiger partial charge in [0.2, 0.25) is 0 Å². The van der Waals surface area contributed by atoms with E-state index in [0.717, 1.165) is 4.90 Å². The minimum Gasteiger partial charge on any atom is -0.336 e. The lowest BCUT2D eigenvalue weighted by molar-refractivity contribution is -0.128. The minimum atomic E-state index is -0.414. The van der Waals surface area contributed by atoms with Crippen molar-refractivity contribution in [2.24, 2.45) is 0 Å². The van der Waals surface area contributed by atoms with Crippen molar-refractivity contribution in [3.8, 4) is 0 Å². The molecule has 0 atom stereocenters. The van der Waals surface area contributed by atoms with Crippen LogP contribution in [0.5, 0.6) is 0 Å². The van der Waals surface area contributed by atoms with E-state index >= 15 is 0 Å². The molecule has 0 unspecified atom stereocenters. The zero-order valence-electron chi connectivity index (χ0n) is 9.83. The highest BCUT2D eigenvalue weighted by Gasteiger charge is 2.26. The summed E-state index contributed by atoms with van der Waals surface area (Å²) in [7, 11) is 0. The van der Waals surface area contributed by atoms with Gasteiger partial charge in [-0.15, -0.1) is 11.3 Å². The fraction of sp³-hybridized carbons (Fsp3) is 0.273. The molecule has 2 aromatic rings. The normalized spacial score (nSPS) is 14.9. The Balaban J connectivity index is 1.89. The van der Waals surface area contributed by atoms with Gasteiger partial charge in [0, 0.05) is 13.1 Å². The van der Waals surface area contributed by atoms with Crippen LogP contribution in [0.15, 0.2) is 22.6 Å². The number of nitrogens with one attached hydrogen (secondary N) is 1. The molecule has 3 rings (SSSR count). The largest absolute Gasteiger partial charge is 0.336 e. The Hall–Kier alpha value is -2.22. The molecule has 3 heterocycles. The van der Waals surface area contributed by atoms with Crippen molar-refractivity contribution in [3.63, 3.8) is 0 Å². The van der Waals surface area contributed by atoms with Crippen LogP contribution in [0.2, 0.25) is 0 Å². The first-order chi connectivity index (χ1) is 9.16. The number of imide groups is 1. The van der Waals surface area contributed by atoms with Crippen LogP contribution in [0, 0.1) is 0 Å². The first kappa shape index (κ1) is 11.8. The van der Waals surface area contributed by atoms with E-state index in [0.29, 0.717) is 23.3 Å². The van der Waals surface area contributed by atoms with E-state index in [1.165, 1.54) is 22.2 Å². The lowest BCUT2D eigenvalue weighted by Gasteiger charge is -2.12. The van der Waals surface area contributed by atoms with Gasteiger partial charge in [-0.05, 0) is 11.4 Å². The SMILES string of the molecule is O=C(Cn1cnc2ccsc2c1=O)N1CCNC1=O. The molecule has 1 aliphatic rings. The fourth-order valence-electron chi connectivity index (χ4n) is 1.93. The van der Waals surface area contributed by atoms with Crippen LogP contribution < -0.4 is 10.9 Å². The first-order valence-electron chi connectivity index (χ1n) is 5.67. The van der Waals surface area contributed by atoms with E-state index in [9.17, 15) is 14.4 Å². The highest BCUT2D eigenvalue weighted by atomic mass is 32.1. The molecule has 8 heteroatoms. The summed E-state index contributed by atoms with van der Waals surface area (Å²) in [5.74, 6) is -0.408. The number of rotatable bonds is 2. The first-order valence-corrected chi connectivity index (χ1v) is 6.55. The second-order valence-electron chi connectivity index (χ2n) is 4.09. The molecule has 3 amide bonds. The molecule has 0 aliphatic carbocycles. The van der Waals surface area contributed by atoms with Gasteiger partial charge in [-0.1, -0.05) is 0 Å². The Kier molecular flexibility index (Phi) is 2.79. The maximum atomic E-state index is 12.1. The van der Waals surface area contributed by atoms with Crippen LogP contribution in [0.25, 0.3) is 10.2 Å². The van der Waals surface area contributed by atoms with Gasteiger partial charge in [-0.3, -0.25) is 19.1 Å². The van der Waals surface area contributed by atoms with E-state index in [-0.39, 0.29) is 12.1 Å². The molecular formula is C11H10N4O3S. The summed E-state index contributed by atoms with van der Waals surface area (Å²) in [5, 5.41) is 4.32. The molecule has 0 bridgehead atoms. The highest BCUT2D eigenvalue weighted by Crippen LogP contribution is 2.13. The third kappa shape index (κ3) is 1.99. The van der Waals surface area contributed by atoms with Crippen LogP contribution >= 0.6 is 11.3 Å². The Bertz CT molecular complexity index is 720. The van der Waals surface area contributed by atoms with Gasteiger partial charge in [0.05, 0.1) is 11.8 Å². The molecule has 0 aromatic carbocycles. The van der Waals surface area contributed by atoms with E-state index in [1.54, 1.807) is 11.4 Å². The van der Waals surface area contributed by atoms with Crippen molar-refractivity contribution in [1.82, 2.24) is 19.8 Å². The van der Waals surface area contributed by atoms with Crippen molar-refractivity contribution in [2.45, 2.75) is 6.54 Å². The van der Waals surface area contributed by atoms with Gasteiger partial charge in [-0.25, -0.2) is 9.78 Å². The summed E-state index contributed by atoms with van der Waals surface area (Å²) in [6.07, 6.45) is 1.34. The Morgan fingerprint density at radius 3 is 3.05 bits per heavy atom. The molecule has 19 heavy (non-hydrogen) atoms. The second kappa shape index (κ2) is 4.47. The molecule has 0 spiro atoms. The number of carbonyl (C=O) groups excluding carboxylic acids is 2. The number of amides is 3. The molecule has 2 aromatic heterocycles. The van der Waals surface area contributed by atoms with Crippen LogP contribution in [0.4, 0.5) is 4.79 Å². The quantitative estimate of drug-likeness (QED) is 0.838. The third-order valence-corrected chi connectivity index (χ3v) is 3.79. The van der Waals surface area contributed by atoms with Gasteiger partial charge in [0.1, 0.15) is 11.2 Å². The number of thiophene rings is 1. The molecule has 7 nitrogen and oxygen atoms in total. The molecule has 0 saturated carbocycles. The van der Waals surface area contributed by atoms with Gasteiger partial charge < -0.3 is 5.32 Å². The highest BCUT2D eigenvalue weighted by molar-refractivity contribution is 7.17. The number of urea groups is 1. The van der Waals surface area contributed by atoms with Crippen molar-refractivity contribution in [3.05, 3.63) is 28.1 Å². The second-order valence-corrected chi connectivity index (χ2v) is 5.01. The molecule has 98 valence electrons. The molecule has 1 aliphatic heterocycles. The number of hydrogen-bond acceptors (Lipinski definition) is 5. The van der Waals surface area contributed by atoms with E-state index in [4.69, 9.17) is 0 Å². The number of fused-ring (bicyclic) bond motifs is 1. The van der Waals surface area contributed by atoms with Gasteiger partial charge in [0.15, 0.2) is 0 Å². The third-order valence-electron chi connectivity index (χ3n) is 2.90. The average molecular weight is 278 g/mol. The summed E-state index contributed by atoms with van der Waals surface area (Å²) < 4.78 is 1.74. The monoisotopic (exact) mass is 278 g/mol. The molecule has 0 radical (unpaired) electrons. The summed E-state index contributed by atoms with van der Waals surface area (Å²) in [6.45, 7) is 0.607. The Labute approximate surface area is 111 Å². The zero-order chi connectivity index (χ0) is 13.4. The van der Waals surface area contributed by atoms with Crippen molar-refractivity contribution < 1.29 is 9.59 Å². The lowest BCUT2D eigenvalue weighted by atomic mass is 10.4. The minimum absolute atomic E-state index is 0.174. The van der Waals surface area contributed by atoms with Crippen LogP contribution in [-0.2, 0) is 11.3 Å². The van der Waals surface area contributed by atoms with Crippen LogP contribution in [0.1, 0.15) is 0 Å². The molecule has 1 N–H and O–H groups in total. The summed E-state index contributed by atoms with van der Waals surface area (Å²) >= 11 is 1.29. The number of nitrogens with zero attached hydrogens (tertiary/aromatic N) is 3.